The third-order valence-electron chi connectivity index (χ3n) is 4.52. The topological polar surface area (TPSA) is 187 Å². The fourth-order valence-electron chi connectivity index (χ4n) is 3.12. The Morgan fingerprint density at radius 3 is 2.68 bits per heavy atom. The fourth-order valence-corrected chi connectivity index (χ4v) is 4.92. The van der Waals surface area contributed by atoms with E-state index in [1.807, 2.05) is 0 Å². The molecule has 0 amide bonds. The molecule has 3 aromatic rings. The van der Waals surface area contributed by atoms with Gasteiger partial charge in [0.25, 0.3) is 0 Å². The molecular formula is C16H20N7O6PS. The summed E-state index contributed by atoms with van der Waals surface area (Å²) in [7, 11) is -8.44. The normalized spacial score (nSPS) is 16.2. The molecule has 1 saturated heterocycles. The van der Waals surface area contributed by atoms with Crippen molar-refractivity contribution >= 4 is 28.9 Å². The van der Waals surface area contributed by atoms with Gasteiger partial charge >= 0.3 is 7.82 Å². The molecule has 31 heavy (non-hydrogen) atoms. The molecule has 0 radical (unpaired) electrons. The summed E-state index contributed by atoms with van der Waals surface area (Å²) in [6.45, 7) is 2.39. The number of nitriles is 1. The van der Waals surface area contributed by atoms with E-state index in [0.29, 0.717) is 16.9 Å². The van der Waals surface area contributed by atoms with Crippen LogP contribution in [0.4, 0.5) is 0 Å². The first-order chi connectivity index (χ1) is 14.5. The van der Waals surface area contributed by atoms with Crippen LogP contribution in [0.2, 0.25) is 0 Å². The molecule has 4 rings (SSSR count). The SMILES string of the molecule is CC#N.CCS(=O)(=O)N1CC(OP(=O)(O)O)(n2cc(-c3ncnc4[nH]ccc34)cn2)C1. The highest BCUT2D eigenvalue weighted by atomic mass is 32.2. The molecule has 0 bridgehead atoms. The predicted octanol–water partition coefficient (Wildman–Crippen LogP) is 0.779. The van der Waals surface area contributed by atoms with Crippen molar-refractivity contribution in [2.75, 3.05) is 18.8 Å². The van der Waals surface area contributed by atoms with Gasteiger partial charge in [-0.1, -0.05) is 0 Å². The number of rotatable bonds is 6. The second-order valence-corrected chi connectivity index (χ2v) is 9.98. The van der Waals surface area contributed by atoms with Gasteiger partial charge in [-0.05, 0) is 13.0 Å². The number of nitrogens with one attached hydrogen (secondary N) is 1. The van der Waals surface area contributed by atoms with Gasteiger partial charge in [-0.2, -0.15) is 14.7 Å². The molecule has 1 fully saturated rings. The lowest BCUT2D eigenvalue weighted by Crippen LogP contribution is -2.65. The fraction of sp³-hybridized carbons (Fsp3) is 0.375. The minimum absolute atomic E-state index is 0.129. The molecule has 3 aromatic heterocycles. The monoisotopic (exact) mass is 469 g/mol. The number of sulfonamides is 1. The van der Waals surface area contributed by atoms with Crippen molar-refractivity contribution in [1.29, 1.82) is 5.26 Å². The summed E-state index contributed by atoms with van der Waals surface area (Å²) in [4.78, 5) is 30.0. The molecule has 1 aliphatic rings. The summed E-state index contributed by atoms with van der Waals surface area (Å²) in [6, 6.07) is 3.54. The summed E-state index contributed by atoms with van der Waals surface area (Å²) in [5, 5.41) is 12.2. The number of hydrogen-bond acceptors (Lipinski definition) is 8. The van der Waals surface area contributed by atoms with E-state index in [1.165, 1.54) is 37.3 Å². The Kier molecular flexibility index (Phi) is 6.28. The highest BCUT2D eigenvalue weighted by Gasteiger charge is 2.54. The Bertz CT molecular complexity index is 1270. The predicted molar refractivity (Wildman–Crippen MR) is 109 cm³/mol. The van der Waals surface area contributed by atoms with Crippen molar-refractivity contribution in [1.82, 2.24) is 29.0 Å². The Hall–Kier alpha value is -2.66. The Morgan fingerprint density at radius 2 is 2.06 bits per heavy atom. The number of fused-ring (bicyclic) bond motifs is 1. The number of aromatic nitrogens is 5. The first-order valence-corrected chi connectivity index (χ1v) is 12.1. The van der Waals surface area contributed by atoms with Crippen molar-refractivity contribution in [2.45, 2.75) is 19.6 Å². The summed E-state index contributed by atoms with van der Waals surface area (Å²) in [5.41, 5.74) is 0.158. The molecule has 1 aliphatic heterocycles. The maximum absolute atomic E-state index is 12.0. The van der Waals surface area contributed by atoms with Crippen molar-refractivity contribution in [2.24, 2.45) is 0 Å². The van der Waals surface area contributed by atoms with E-state index in [1.54, 1.807) is 18.3 Å². The molecule has 4 heterocycles. The van der Waals surface area contributed by atoms with Crippen LogP contribution in [0.3, 0.4) is 0 Å². The maximum atomic E-state index is 12.0. The Balaban J connectivity index is 0.000000858. The van der Waals surface area contributed by atoms with Crippen LogP contribution in [0, 0.1) is 11.3 Å². The molecule has 13 nitrogen and oxygen atoms in total. The zero-order valence-corrected chi connectivity index (χ0v) is 18.3. The van der Waals surface area contributed by atoms with E-state index in [4.69, 9.17) is 9.79 Å². The third kappa shape index (κ3) is 4.67. The lowest BCUT2D eigenvalue weighted by atomic mass is 10.1. The van der Waals surface area contributed by atoms with Crippen LogP contribution in [-0.4, -0.2) is 66.1 Å². The van der Waals surface area contributed by atoms with Crippen molar-refractivity contribution in [3.8, 4) is 17.3 Å². The number of phosphoric acid groups is 1. The molecule has 0 unspecified atom stereocenters. The summed E-state index contributed by atoms with van der Waals surface area (Å²) in [6.07, 6.45) is 6.08. The molecule has 0 saturated carbocycles. The minimum Gasteiger partial charge on any atom is -0.346 e. The van der Waals surface area contributed by atoms with E-state index in [-0.39, 0.29) is 18.8 Å². The van der Waals surface area contributed by atoms with E-state index >= 15 is 0 Å². The molecule has 0 atom stereocenters. The molecule has 166 valence electrons. The number of H-pyrrole nitrogens is 1. The molecule has 0 aromatic carbocycles. The molecule has 0 spiro atoms. The third-order valence-corrected chi connectivity index (χ3v) is 6.87. The lowest BCUT2D eigenvalue weighted by Gasteiger charge is -2.47. The molecule has 0 aliphatic carbocycles. The summed E-state index contributed by atoms with van der Waals surface area (Å²) in [5.74, 6) is -0.129. The lowest BCUT2D eigenvalue weighted by molar-refractivity contribution is -0.124. The van der Waals surface area contributed by atoms with Gasteiger partial charge in [-0.3, -0.25) is 4.52 Å². The van der Waals surface area contributed by atoms with Gasteiger partial charge in [0.2, 0.25) is 10.0 Å². The zero-order valence-electron chi connectivity index (χ0n) is 16.6. The van der Waals surface area contributed by atoms with Crippen LogP contribution in [0.25, 0.3) is 22.3 Å². The molecule has 15 heteroatoms. The summed E-state index contributed by atoms with van der Waals surface area (Å²) >= 11 is 0. The number of phosphoric ester groups is 1. The second kappa shape index (κ2) is 8.46. The van der Waals surface area contributed by atoms with Gasteiger partial charge in [0.1, 0.15) is 12.0 Å². The van der Waals surface area contributed by atoms with Crippen LogP contribution in [-0.2, 0) is 24.8 Å². The first-order valence-electron chi connectivity index (χ1n) is 8.94. The van der Waals surface area contributed by atoms with E-state index in [2.05, 4.69) is 20.1 Å². The van der Waals surface area contributed by atoms with E-state index in [0.717, 1.165) is 9.69 Å². The van der Waals surface area contributed by atoms with Gasteiger partial charge in [0, 0.05) is 30.3 Å². The van der Waals surface area contributed by atoms with Crippen LogP contribution >= 0.6 is 7.82 Å². The molecular weight excluding hydrogens is 449 g/mol. The molecule has 3 N–H and O–H groups in total. The second-order valence-electron chi connectivity index (χ2n) is 6.56. The van der Waals surface area contributed by atoms with Gasteiger partial charge in [-0.15, -0.1) is 0 Å². The van der Waals surface area contributed by atoms with Gasteiger partial charge < -0.3 is 14.8 Å². The maximum Gasteiger partial charge on any atom is 0.471 e. The average Bonchev–Trinajstić information content (AvgIpc) is 3.33. The van der Waals surface area contributed by atoms with Crippen molar-refractivity contribution in [3.05, 3.63) is 31.0 Å². The summed E-state index contributed by atoms with van der Waals surface area (Å²) < 4.78 is 42.8. The minimum atomic E-state index is -4.91. The number of hydrogen-bond donors (Lipinski definition) is 3. The standard InChI is InChI=1S/C14H17N6O6PS.C2H3N/c1-2-28(24,25)19-7-14(8-19,26-27(21,22)23)20-6-10(5-18-20)12-11-3-4-15-13(11)17-9-16-12;1-2-3/h3-6,9H,2,7-8H2,1H3,(H,15,16,17)(H2,21,22,23);1H3. The van der Waals surface area contributed by atoms with E-state index in [9.17, 15) is 22.8 Å². The van der Waals surface area contributed by atoms with E-state index < -0.39 is 23.6 Å². The Labute approximate surface area is 177 Å². The van der Waals surface area contributed by atoms with Crippen molar-refractivity contribution in [3.63, 3.8) is 0 Å². The van der Waals surface area contributed by atoms with Gasteiger partial charge in [0.05, 0.1) is 36.8 Å². The quantitative estimate of drug-likeness (QED) is 0.435. The number of aromatic amines is 1. The number of nitrogens with zero attached hydrogens (tertiary/aromatic N) is 6. The van der Waals surface area contributed by atoms with Gasteiger partial charge in [0.15, 0.2) is 5.72 Å². The Morgan fingerprint density at radius 1 is 1.39 bits per heavy atom. The van der Waals surface area contributed by atoms with Crippen LogP contribution in [0.15, 0.2) is 31.0 Å². The van der Waals surface area contributed by atoms with Crippen LogP contribution in [0.1, 0.15) is 13.8 Å². The smallest absolute Gasteiger partial charge is 0.346 e. The van der Waals surface area contributed by atoms with Gasteiger partial charge in [-0.25, -0.2) is 27.6 Å². The zero-order chi connectivity index (χ0) is 22.9. The largest absolute Gasteiger partial charge is 0.471 e. The average molecular weight is 469 g/mol. The van der Waals surface area contributed by atoms with Crippen LogP contribution < -0.4 is 0 Å². The highest BCUT2D eigenvalue weighted by Crippen LogP contribution is 2.47. The van der Waals surface area contributed by atoms with Crippen LogP contribution in [0.5, 0.6) is 0 Å². The first kappa shape index (κ1) is 23.0. The van der Waals surface area contributed by atoms with Crippen molar-refractivity contribution < 1.29 is 27.3 Å². The highest BCUT2D eigenvalue weighted by molar-refractivity contribution is 7.89.